The number of carbonyl (C=O) groups is 1. The average molecular weight is 329 g/mol. The lowest BCUT2D eigenvalue weighted by Gasteiger charge is -2.09. The van der Waals surface area contributed by atoms with E-state index in [0.29, 0.717) is 0 Å². The molecule has 0 aromatic heterocycles. The predicted octanol–water partition coefficient (Wildman–Crippen LogP) is 4.29. The molecule has 0 spiro atoms. The summed E-state index contributed by atoms with van der Waals surface area (Å²) in [7, 11) is 0. The van der Waals surface area contributed by atoms with E-state index in [0.717, 1.165) is 12.1 Å². The first-order chi connectivity index (χ1) is 9.88. The molecule has 0 saturated heterocycles. The van der Waals surface area contributed by atoms with Gasteiger partial charge < -0.3 is 5.32 Å². The van der Waals surface area contributed by atoms with Crippen molar-refractivity contribution in [3.63, 3.8) is 0 Å². The van der Waals surface area contributed by atoms with Crippen LogP contribution in [-0.4, -0.2) is 10.8 Å². The number of amides is 1. The lowest BCUT2D eigenvalue weighted by molar-refractivity contribution is -0.384. The molecular formula is C13H7Cl2FN2O3. The topological polar surface area (TPSA) is 72.2 Å². The minimum atomic E-state index is -0.627. The van der Waals surface area contributed by atoms with Crippen molar-refractivity contribution >= 4 is 40.5 Å². The normalized spacial score (nSPS) is 10.2. The Morgan fingerprint density at radius 3 is 2.14 bits per heavy atom. The maximum Gasteiger partial charge on any atom is 0.269 e. The number of halogens is 3. The molecule has 2 aromatic carbocycles. The zero-order valence-electron chi connectivity index (χ0n) is 10.3. The Morgan fingerprint density at radius 1 is 1.14 bits per heavy atom. The van der Waals surface area contributed by atoms with Crippen LogP contribution in [-0.2, 0) is 0 Å². The highest BCUT2D eigenvalue weighted by molar-refractivity contribution is 6.40. The van der Waals surface area contributed by atoms with Gasteiger partial charge in [-0.25, -0.2) is 4.39 Å². The van der Waals surface area contributed by atoms with Gasteiger partial charge in [-0.1, -0.05) is 23.2 Å². The number of anilines is 1. The van der Waals surface area contributed by atoms with E-state index in [1.54, 1.807) is 0 Å². The van der Waals surface area contributed by atoms with Crippen LogP contribution >= 0.6 is 23.2 Å². The SMILES string of the molecule is O=C(Nc1c(Cl)cc(F)cc1Cl)c1ccc([N+](=O)[O-])cc1. The van der Waals surface area contributed by atoms with Gasteiger partial charge in [-0.15, -0.1) is 0 Å². The average Bonchev–Trinajstić information content (AvgIpc) is 2.42. The van der Waals surface area contributed by atoms with E-state index in [2.05, 4.69) is 5.32 Å². The number of nitrogens with zero attached hydrogens (tertiary/aromatic N) is 1. The Bertz CT molecular complexity index is 697. The summed E-state index contributed by atoms with van der Waals surface area (Å²) in [6, 6.07) is 7.00. The molecule has 8 heteroatoms. The Morgan fingerprint density at radius 2 is 1.67 bits per heavy atom. The van der Waals surface area contributed by atoms with E-state index in [9.17, 15) is 19.3 Å². The van der Waals surface area contributed by atoms with E-state index < -0.39 is 16.6 Å². The van der Waals surface area contributed by atoms with Gasteiger partial charge in [0.25, 0.3) is 11.6 Å². The van der Waals surface area contributed by atoms with Gasteiger partial charge in [0.1, 0.15) is 5.82 Å². The van der Waals surface area contributed by atoms with Crippen LogP contribution in [0.1, 0.15) is 10.4 Å². The van der Waals surface area contributed by atoms with Crippen molar-refractivity contribution in [1.82, 2.24) is 0 Å². The molecule has 2 rings (SSSR count). The van der Waals surface area contributed by atoms with Crippen molar-refractivity contribution in [2.45, 2.75) is 0 Å². The number of rotatable bonds is 3. The molecule has 108 valence electrons. The molecule has 0 bridgehead atoms. The van der Waals surface area contributed by atoms with Crippen molar-refractivity contribution in [2.75, 3.05) is 5.32 Å². The van der Waals surface area contributed by atoms with Crippen LogP contribution in [0.25, 0.3) is 0 Å². The fraction of sp³-hybridized carbons (Fsp3) is 0. The summed E-state index contributed by atoms with van der Waals surface area (Å²) >= 11 is 11.6. The maximum absolute atomic E-state index is 13.0. The highest BCUT2D eigenvalue weighted by atomic mass is 35.5. The molecule has 5 nitrogen and oxygen atoms in total. The van der Waals surface area contributed by atoms with Gasteiger partial charge in [-0.2, -0.15) is 0 Å². The van der Waals surface area contributed by atoms with Gasteiger partial charge in [0.05, 0.1) is 20.7 Å². The second-order valence-electron chi connectivity index (χ2n) is 4.00. The monoisotopic (exact) mass is 328 g/mol. The maximum atomic E-state index is 13.0. The van der Waals surface area contributed by atoms with Crippen LogP contribution in [0.5, 0.6) is 0 Å². The molecule has 0 unspecified atom stereocenters. The summed E-state index contributed by atoms with van der Waals surface area (Å²) in [5.41, 5.74) is 0.115. The minimum Gasteiger partial charge on any atom is -0.319 e. The van der Waals surface area contributed by atoms with E-state index >= 15 is 0 Å². The second kappa shape index (κ2) is 6.07. The van der Waals surface area contributed by atoms with Crippen LogP contribution in [0.15, 0.2) is 36.4 Å². The Balaban J connectivity index is 2.24. The third kappa shape index (κ3) is 3.48. The Hall–Kier alpha value is -2.18. The third-order valence-corrected chi connectivity index (χ3v) is 3.18. The molecular weight excluding hydrogens is 322 g/mol. The Kier molecular flexibility index (Phi) is 4.40. The standard InChI is InChI=1S/C13H7Cl2FN2O3/c14-10-5-8(16)6-11(15)12(10)17-13(19)7-1-3-9(4-2-7)18(20)21/h1-6H,(H,17,19). The number of nitro groups is 1. The first-order valence-electron chi connectivity index (χ1n) is 5.59. The van der Waals surface area contributed by atoms with Gasteiger partial charge in [-0.05, 0) is 24.3 Å². The number of hydrogen-bond donors (Lipinski definition) is 1. The predicted molar refractivity (Wildman–Crippen MR) is 77.5 cm³/mol. The minimum absolute atomic E-state index is 0.0461. The van der Waals surface area contributed by atoms with E-state index in [1.807, 2.05) is 0 Å². The molecule has 2 aromatic rings. The molecule has 0 aliphatic heterocycles. The summed E-state index contributed by atoms with van der Waals surface area (Å²) in [5, 5.41) is 12.9. The van der Waals surface area contributed by atoms with Gasteiger partial charge in [0.15, 0.2) is 0 Å². The van der Waals surface area contributed by atoms with Gasteiger partial charge in [0.2, 0.25) is 0 Å². The molecule has 21 heavy (non-hydrogen) atoms. The Labute approximate surface area is 128 Å². The summed E-state index contributed by atoms with van der Waals surface area (Å²) in [5.74, 6) is -1.20. The highest BCUT2D eigenvalue weighted by Gasteiger charge is 2.14. The van der Waals surface area contributed by atoms with Gasteiger partial charge >= 0.3 is 0 Å². The van der Waals surface area contributed by atoms with Gasteiger partial charge in [0, 0.05) is 17.7 Å². The molecule has 0 aliphatic rings. The van der Waals surface area contributed by atoms with E-state index in [1.165, 1.54) is 24.3 Å². The summed E-state index contributed by atoms with van der Waals surface area (Å²) < 4.78 is 13.0. The van der Waals surface area contributed by atoms with Crippen LogP contribution < -0.4 is 5.32 Å². The van der Waals surface area contributed by atoms with Crippen molar-refractivity contribution in [3.8, 4) is 0 Å². The number of non-ortho nitro benzene ring substituents is 1. The number of hydrogen-bond acceptors (Lipinski definition) is 3. The van der Waals surface area contributed by atoms with Crippen molar-refractivity contribution < 1.29 is 14.1 Å². The lowest BCUT2D eigenvalue weighted by Crippen LogP contribution is -2.12. The summed E-state index contributed by atoms with van der Waals surface area (Å²) in [6.07, 6.45) is 0. The molecule has 0 heterocycles. The van der Waals surface area contributed by atoms with Crippen LogP contribution in [0.4, 0.5) is 15.8 Å². The van der Waals surface area contributed by atoms with Crippen molar-refractivity contribution in [2.24, 2.45) is 0 Å². The zero-order valence-corrected chi connectivity index (χ0v) is 11.8. The summed E-state index contributed by atoms with van der Waals surface area (Å²) in [6.45, 7) is 0. The van der Waals surface area contributed by atoms with E-state index in [4.69, 9.17) is 23.2 Å². The van der Waals surface area contributed by atoms with Crippen LogP contribution in [0, 0.1) is 15.9 Å². The number of carbonyl (C=O) groups excluding carboxylic acids is 1. The number of nitro benzene ring substituents is 1. The van der Waals surface area contributed by atoms with Gasteiger partial charge in [-0.3, -0.25) is 14.9 Å². The fourth-order valence-corrected chi connectivity index (χ4v) is 2.14. The third-order valence-electron chi connectivity index (χ3n) is 2.59. The molecule has 0 atom stereocenters. The van der Waals surface area contributed by atoms with Crippen molar-refractivity contribution in [3.05, 3.63) is 67.9 Å². The number of nitrogens with one attached hydrogen (secondary N) is 1. The zero-order chi connectivity index (χ0) is 15.6. The first kappa shape index (κ1) is 15.2. The molecule has 0 aliphatic carbocycles. The molecule has 1 N–H and O–H groups in total. The van der Waals surface area contributed by atoms with E-state index in [-0.39, 0.29) is 27.0 Å². The molecule has 0 saturated carbocycles. The fourth-order valence-electron chi connectivity index (χ4n) is 1.58. The van der Waals surface area contributed by atoms with Crippen molar-refractivity contribution in [1.29, 1.82) is 0 Å². The first-order valence-corrected chi connectivity index (χ1v) is 6.34. The smallest absolute Gasteiger partial charge is 0.269 e. The molecule has 0 fully saturated rings. The summed E-state index contributed by atoms with van der Waals surface area (Å²) in [4.78, 5) is 21.9. The number of benzene rings is 2. The van der Waals surface area contributed by atoms with Crippen LogP contribution in [0.2, 0.25) is 10.0 Å². The highest BCUT2D eigenvalue weighted by Crippen LogP contribution is 2.31. The largest absolute Gasteiger partial charge is 0.319 e. The quantitative estimate of drug-likeness (QED) is 0.674. The lowest BCUT2D eigenvalue weighted by atomic mass is 10.2. The molecule has 0 radical (unpaired) electrons. The molecule has 1 amide bonds. The second-order valence-corrected chi connectivity index (χ2v) is 4.82. The van der Waals surface area contributed by atoms with Crippen LogP contribution in [0.3, 0.4) is 0 Å².